The van der Waals surface area contributed by atoms with Crippen molar-refractivity contribution in [2.24, 2.45) is 4.99 Å². The van der Waals surface area contributed by atoms with Gasteiger partial charge in [0.25, 0.3) is 0 Å². The summed E-state index contributed by atoms with van der Waals surface area (Å²) in [7, 11) is 0. The SMILES string of the molecule is CCNC(=NCc1ccc(C)s1)NCCCOC1CCOC1. The Bertz CT molecular complexity index is 456. The molecule has 1 unspecified atom stereocenters. The molecule has 1 aliphatic rings. The number of hydrogen-bond donors (Lipinski definition) is 2. The summed E-state index contributed by atoms with van der Waals surface area (Å²) in [6.07, 6.45) is 2.29. The number of thiophene rings is 1. The first kappa shape index (κ1) is 17.2. The molecule has 0 radical (unpaired) electrons. The standard InChI is InChI=1S/C16H27N3O2S/c1-3-17-16(19-11-15-6-5-13(2)22-15)18-8-4-9-21-14-7-10-20-12-14/h5-6,14H,3-4,7-12H2,1-2H3,(H2,17,18,19). The van der Waals surface area contributed by atoms with Gasteiger partial charge < -0.3 is 20.1 Å². The van der Waals surface area contributed by atoms with Gasteiger partial charge in [0.05, 0.1) is 19.3 Å². The Hall–Kier alpha value is -1.11. The van der Waals surface area contributed by atoms with E-state index in [4.69, 9.17) is 9.47 Å². The molecule has 2 rings (SSSR count). The second kappa shape index (κ2) is 9.82. The average molecular weight is 325 g/mol. The summed E-state index contributed by atoms with van der Waals surface area (Å²) in [5, 5.41) is 6.63. The third kappa shape index (κ3) is 6.34. The van der Waals surface area contributed by atoms with Crippen LogP contribution < -0.4 is 10.6 Å². The molecule has 5 nitrogen and oxygen atoms in total. The second-order valence-electron chi connectivity index (χ2n) is 5.34. The van der Waals surface area contributed by atoms with Crippen LogP contribution in [0.2, 0.25) is 0 Å². The topological polar surface area (TPSA) is 54.9 Å². The van der Waals surface area contributed by atoms with Gasteiger partial charge in [-0.2, -0.15) is 0 Å². The highest BCUT2D eigenvalue weighted by molar-refractivity contribution is 7.11. The van der Waals surface area contributed by atoms with Crippen LogP contribution in [-0.2, 0) is 16.0 Å². The number of ether oxygens (including phenoxy) is 2. The van der Waals surface area contributed by atoms with Crippen LogP contribution in [0.1, 0.15) is 29.5 Å². The molecule has 0 aromatic carbocycles. The summed E-state index contributed by atoms with van der Waals surface area (Å²) < 4.78 is 11.0. The molecule has 0 amide bonds. The number of guanidine groups is 1. The quantitative estimate of drug-likeness (QED) is 0.437. The van der Waals surface area contributed by atoms with E-state index in [1.807, 2.05) is 0 Å². The summed E-state index contributed by atoms with van der Waals surface area (Å²) in [6, 6.07) is 4.28. The fourth-order valence-corrected chi connectivity index (χ4v) is 3.06. The molecule has 2 heterocycles. The zero-order valence-electron chi connectivity index (χ0n) is 13.6. The lowest BCUT2D eigenvalue weighted by Gasteiger charge is -2.12. The van der Waals surface area contributed by atoms with Gasteiger partial charge in [-0.1, -0.05) is 0 Å². The molecular weight excluding hydrogens is 298 g/mol. The van der Waals surface area contributed by atoms with Crippen LogP contribution in [0.25, 0.3) is 0 Å². The van der Waals surface area contributed by atoms with Gasteiger partial charge in [-0.25, -0.2) is 4.99 Å². The lowest BCUT2D eigenvalue weighted by atomic mass is 10.3. The van der Waals surface area contributed by atoms with E-state index >= 15 is 0 Å². The molecule has 1 aromatic rings. The van der Waals surface area contributed by atoms with E-state index in [0.717, 1.165) is 58.3 Å². The summed E-state index contributed by atoms with van der Waals surface area (Å²) in [4.78, 5) is 7.24. The van der Waals surface area contributed by atoms with E-state index < -0.39 is 0 Å². The van der Waals surface area contributed by atoms with Crippen LogP contribution in [0.3, 0.4) is 0 Å². The van der Waals surface area contributed by atoms with Gasteiger partial charge in [-0.3, -0.25) is 0 Å². The summed E-state index contributed by atoms with van der Waals surface area (Å²) in [5.41, 5.74) is 0. The van der Waals surface area contributed by atoms with Crippen molar-refractivity contribution in [1.82, 2.24) is 10.6 Å². The minimum absolute atomic E-state index is 0.295. The van der Waals surface area contributed by atoms with Crippen molar-refractivity contribution in [3.8, 4) is 0 Å². The Kier molecular flexibility index (Phi) is 7.70. The molecule has 1 aliphatic heterocycles. The lowest BCUT2D eigenvalue weighted by Crippen LogP contribution is -2.38. The van der Waals surface area contributed by atoms with Crippen molar-refractivity contribution in [3.63, 3.8) is 0 Å². The highest BCUT2D eigenvalue weighted by Gasteiger charge is 2.15. The molecule has 0 saturated carbocycles. The van der Waals surface area contributed by atoms with Crippen molar-refractivity contribution in [1.29, 1.82) is 0 Å². The van der Waals surface area contributed by atoms with Crippen molar-refractivity contribution < 1.29 is 9.47 Å². The minimum atomic E-state index is 0.295. The van der Waals surface area contributed by atoms with E-state index in [-0.39, 0.29) is 0 Å². The molecule has 124 valence electrons. The number of aryl methyl sites for hydroxylation is 1. The zero-order chi connectivity index (χ0) is 15.6. The van der Waals surface area contributed by atoms with Gasteiger partial charge in [-0.05, 0) is 38.8 Å². The molecule has 1 fully saturated rings. The Morgan fingerprint density at radius 1 is 1.45 bits per heavy atom. The minimum Gasteiger partial charge on any atom is -0.379 e. The molecule has 0 aliphatic carbocycles. The van der Waals surface area contributed by atoms with E-state index in [1.54, 1.807) is 11.3 Å². The largest absolute Gasteiger partial charge is 0.379 e. The van der Waals surface area contributed by atoms with Crippen molar-refractivity contribution in [2.45, 2.75) is 39.3 Å². The van der Waals surface area contributed by atoms with Crippen LogP contribution in [0.4, 0.5) is 0 Å². The Labute approximate surface area is 137 Å². The predicted octanol–water partition coefficient (Wildman–Crippen LogP) is 2.31. The maximum atomic E-state index is 5.75. The molecule has 1 atom stereocenters. The fraction of sp³-hybridized carbons (Fsp3) is 0.688. The van der Waals surface area contributed by atoms with Crippen molar-refractivity contribution >= 4 is 17.3 Å². The maximum Gasteiger partial charge on any atom is 0.191 e. The first-order valence-corrected chi connectivity index (χ1v) is 8.86. The third-order valence-electron chi connectivity index (χ3n) is 3.39. The Balaban J connectivity index is 1.64. The number of nitrogens with one attached hydrogen (secondary N) is 2. The first-order valence-electron chi connectivity index (χ1n) is 8.04. The van der Waals surface area contributed by atoms with Crippen molar-refractivity contribution in [3.05, 3.63) is 21.9 Å². The molecule has 0 spiro atoms. The van der Waals surface area contributed by atoms with Crippen LogP contribution in [0.15, 0.2) is 17.1 Å². The average Bonchev–Trinajstić information content (AvgIpc) is 3.16. The van der Waals surface area contributed by atoms with Crippen LogP contribution >= 0.6 is 11.3 Å². The molecule has 2 N–H and O–H groups in total. The van der Waals surface area contributed by atoms with Crippen molar-refractivity contribution in [2.75, 3.05) is 32.9 Å². The van der Waals surface area contributed by atoms with Gasteiger partial charge >= 0.3 is 0 Å². The highest BCUT2D eigenvalue weighted by atomic mass is 32.1. The third-order valence-corrected chi connectivity index (χ3v) is 4.37. The maximum absolute atomic E-state index is 5.75. The number of rotatable bonds is 8. The van der Waals surface area contributed by atoms with Gasteiger partial charge in [-0.15, -0.1) is 11.3 Å². The lowest BCUT2D eigenvalue weighted by molar-refractivity contribution is 0.0420. The van der Waals surface area contributed by atoms with Gasteiger partial charge in [0.15, 0.2) is 5.96 Å². The van der Waals surface area contributed by atoms with Gasteiger partial charge in [0.1, 0.15) is 0 Å². The molecule has 22 heavy (non-hydrogen) atoms. The number of hydrogen-bond acceptors (Lipinski definition) is 4. The zero-order valence-corrected chi connectivity index (χ0v) is 14.4. The van der Waals surface area contributed by atoms with E-state index in [0.29, 0.717) is 6.10 Å². The number of aliphatic imine (C=N–C) groups is 1. The highest BCUT2D eigenvalue weighted by Crippen LogP contribution is 2.15. The fourth-order valence-electron chi connectivity index (χ4n) is 2.24. The predicted molar refractivity (Wildman–Crippen MR) is 91.7 cm³/mol. The smallest absolute Gasteiger partial charge is 0.191 e. The first-order chi connectivity index (χ1) is 10.8. The van der Waals surface area contributed by atoms with Gasteiger partial charge in [0.2, 0.25) is 0 Å². The summed E-state index contributed by atoms with van der Waals surface area (Å²) in [6.45, 7) is 9.01. The van der Waals surface area contributed by atoms with Crippen LogP contribution in [-0.4, -0.2) is 45.0 Å². The molecule has 1 aromatic heterocycles. The molecular formula is C16H27N3O2S. The summed E-state index contributed by atoms with van der Waals surface area (Å²) in [5.74, 6) is 0.873. The van der Waals surface area contributed by atoms with E-state index in [1.165, 1.54) is 9.75 Å². The molecule has 1 saturated heterocycles. The normalized spacial score (nSPS) is 18.6. The summed E-state index contributed by atoms with van der Waals surface area (Å²) >= 11 is 1.80. The Morgan fingerprint density at radius 3 is 3.05 bits per heavy atom. The monoisotopic (exact) mass is 325 g/mol. The molecule has 6 heteroatoms. The van der Waals surface area contributed by atoms with Crippen LogP contribution in [0, 0.1) is 6.92 Å². The van der Waals surface area contributed by atoms with E-state index in [9.17, 15) is 0 Å². The number of nitrogens with zero attached hydrogens (tertiary/aromatic N) is 1. The molecule has 0 bridgehead atoms. The Morgan fingerprint density at radius 2 is 2.36 bits per heavy atom. The second-order valence-corrected chi connectivity index (χ2v) is 6.72. The van der Waals surface area contributed by atoms with Crippen LogP contribution in [0.5, 0.6) is 0 Å². The van der Waals surface area contributed by atoms with E-state index in [2.05, 4.69) is 41.6 Å². The van der Waals surface area contributed by atoms with Gasteiger partial charge in [0, 0.05) is 36.1 Å².